The van der Waals surface area contributed by atoms with Crippen molar-refractivity contribution in [3.63, 3.8) is 0 Å². The number of rotatable bonds is 5. The maximum atomic E-state index is 12.6. The fourth-order valence-corrected chi connectivity index (χ4v) is 3.91. The van der Waals surface area contributed by atoms with Crippen LogP contribution in [0.2, 0.25) is 0 Å². The van der Waals surface area contributed by atoms with Crippen LogP contribution < -0.4 is 5.32 Å². The molecule has 1 fully saturated rings. The topological polar surface area (TPSA) is 58.3 Å². The van der Waals surface area contributed by atoms with Gasteiger partial charge in [0.2, 0.25) is 0 Å². The van der Waals surface area contributed by atoms with E-state index in [-0.39, 0.29) is 0 Å². The van der Waals surface area contributed by atoms with Crippen LogP contribution in [0.3, 0.4) is 0 Å². The molecule has 2 aromatic heterocycles. The van der Waals surface area contributed by atoms with E-state index in [2.05, 4.69) is 25.3 Å². The van der Waals surface area contributed by atoms with Crippen molar-refractivity contribution in [3.8, 4) is 0 Å². The summed E-state index contributed by atoms with van der Waals surface area (Å²) in [7, 11) is 1.91. The van der Waals surface area contributed by atoms with Crippen LogP contribution in [0, 0.1) is 0 Å². The molecule has 1 unspecified atom stereocenters. The first-order valence-electron chi connectivity index (χ1n) is 8.90. The smallest absolute Gasteiger partial charge is 0.357 e. The van der Waals surface area contributed by atoms with Crippen LogP contribution >= 0.6 is 11.3 Å². The highest BCUT2D eigenvalue weighted by atomic mass is 32.1. The maximum absolute atomic E-state index is 12.6. The summed E-state index contributed by atoms with van der Waals surface area (Å²) in [5.74, 6) is 1.22. The number of thiazole rings is 1. The second-order valence-electron chi connectivity index (χ2n) is 6.49. The SMILES string of the molecule is CCNC(=NCCc1nc(C(F)(F)F)cs1)N1CCC(c2cnn(C)c2)C1. The number of guanidine groups is 1. The van der Waals surface area contributed by atoms with Crippen LogP contribution in [-0.4, -0.2) is 51.8 Å². The molecule has 0 aliphatic carbocycles. The largest absolute Gasteiger partial charge is 0.434 e. The summed E-state index contributed by atoms with van der Waals surface area (Å²) < 4.78 is 39.7. The molecule has 0 aromatic carbocycles. The van der Waals surface area contributed by atoms with E-state index in [1.165, 1.54) is 5.56 Å². The van der Waals surface area contributed by atoms with Gasteiger partial charge in [-0.2, -0.15) is 18.3 Å². The van der Waals surface area contributed by atoms with Gasteiger partial charge >= 0.3 is 6.18 Å². The first kappa shape index (κ1) is 19.7. The summed E-state index contributed by atoms with van der Waals surface area (Å²) in [6.45, 7) is 4.89. The molecule has 1 saturated heterocycles. The van der Waals surface area contributed by atoms with E-state index in [1.54, 1.807) is 4.68 Å². The van der Waals surface area contributed by atoms with Crippen molar-refractivity contribution >= 4 is 17.3 Å². The Morgan fingerprint density at radius 3 is 2.89 bits per heavy atom. The number of halogens is 3. The lowest BCUT2D eigenvalue weighted by molar-refractivity contribution is -0.140. The predicted molar refractivity (Wildman–Crippen MR) is 98.9 cm³/mol. The molecule has 6 nitrogen and oxygen atoms in total. The molecule has 0 amide bonds. The Kier molecular flexibility index (Phi) is 6.03. The number of aromatic nitrogens is 3. The normalized spacial score (nSPS) is 18.3. The molecular formula is C17H23F3N6S. The first-order chi connectivity index (χ1) is 12.9. The molecule has 1 aliphatic heterocycles. The molecule has 1 N–H and O–H groups in total. The van der Waals surface area contributed by atoms with E-state index >= 15 is 0 Å². The zero-order valence-corrected chi connectivity index (χ0v) is 16.1. The van der Waals surface area contributed by atoms with E-state index < -0.39 is 11.9 Å². The van der Waals surface area contributed by atoms with Gasteiger partial charge in [0.15, 0.2) is 11.7 Å². The first-order valence-corrected chi connectivity index (χ1v) is 9.78. The van der Waals surface area contributed by atoms with Gasteiger partial charge in [-0.05, 0) is 18.9 Å². The zero-order valence-electron chi connectivity index (χ0n) is 15.3. The monoisotopic (exact) mass is 400 g/mol. The van der Waals surface area contributed by atoms with Crippen LogP contribution in [0.4, 0.5) is 13.2 Å². The zero-order chi connectivity index (χ0) is 19.4. The van der Waals surface area contributed by atoms with Crippen molar-refractivity contribution in [1.29, 1.82) is 0 Å². The number of nitrogens with one attached hydrogen (secondary N) is 1. The Morgan fingerprint density at radius 2 is 2.26 bits per heavy atom. The minimum Gasteiger partial charge on any atom is -0.357 e. The minimum absolute atomic E-state index is 0.398. The third-order valence-electron chi connectivity index (χ3n) is 4.45. The molecule has 2 aromatic rings. The van der Waals surface area contributed by atoms with Gasteiger partial charge in [0, 0.05) is 57.1 Å². The van der Waals surface area contributed by atoms with Crippen molar-refractivity contribution in [3.05, 3.63) is 34.0 Å². The fraction of sp³-hybridized carbons (Fsp3) is 0.588. The molecular weight excluding hydrogens is 377 g/mol. The molecule has 0 bridgehead atoms. The number of nitrogens with zero attached hydrogens (tertiary/aromatic N) is 5. The molecule has 3 rings (SSSR count). The predicted octanol–water partition coefficient (Wildman–Crippen LogP) is 2.89. The highest BCUT2D eigenvalue weighted by Crippen LogP contribution is 2.30. The average molecular weight is 400 g/mol. The molecule has 27 heavy (non-hydrogen) atoms. The van der Waals surface area contributed by atoms with Crippen molar-refractivity contribution in [1.82, 2.24) is 25.0 Å². The van der Waals surface area contributed by atoms with Crippen molar-refractivity contribution in [2.24, 2.45) is 12.0 Å². The fourth-order valence-electron chi connectivity index (χ4n) is 3.11. The second kappa shape index (κ2) is 8.28. The summed E-state index contributed by atoms with van der Waals surface area (Å²) in [6, 6.07) is 0. The average Bonchev–Trinajstić information content (AvgIpc) is 3.33. The summed E-state index contributed by atoms with van der Waals surface area (Å²) in [6.07, 6.45) is 0.981. The lowest BCUT2D eigenvalue weighted by atomic mass is 10.0. The van der Waals surface area contributed by atoms with Crippen LogP contribution in [0.5, 0.6) is 0 Å². The summed E-state index contributed by atoms with van der Waals surface area (Å²) in [5.41, 5.74) is 0.399. The van der Waals surface area contributed by atoms with Crippen molar-refractivity contribution < 1.29 is 13.2 Å². The summed E-state index contributed by atoms with van der Waals surface area (Å²) in [4.78, 5) is 10.4. The van der Waals surface area contributed by atoms with E-state index in [4.69, 9.17) is 0 Å². The summed E-state index contributed by atoms with van der Waals surface area (Å²) in [5, 5.41) is 9.03. The van der Waals surface area contributed by atoms with Crippen molar-refractivity contribution in [2.75, 3.05) is 26.2 Å². The third kappa shape index (κ3) is 5.00. The Labute approximate surface area is 160 Å². The molecule has 0 saturated carbocycles. The molecule has 1 atom stereocenters. The number of aliphatic imine (C=N–C) groups is 1. The molecule has 1 aliphatic rings. The highest BCUT2D eigenvalue weighted by Gasteiger charge is 2.33. The van der Waals surface area contributed by atoms with Gasteiger partial charge in [-0.1, -0.05) is 0 Å². The Morgan fingerprint density at radius 1 is 1.44 bits per heavy atom. The lowest BCUT2D eigenvalue weighted by Crippen LogP contribution is -2.40. The van der Waals surface area contributed by atoms with Gasteiger partial charge < -0.3 is 10.2 Å². The second-order valence-corrected chi connectivity index (χ2v) is 7.43. The standard InChI is InChI=1S/C17H23F3N6S/c1-3-21-16(22-6-4-15-24-14(11-27-15)17(18,19)20)26-7-5-12(10-26)13-8-23-25(2)9-13/h8-9,11-12H,3-7,10H2,1-2H3,(H,21,22). The van der Waals surface area contributed by atoms with Gasteiger partial charge in [-0.15, -0.1) is 11.3 Å². The molecule has 0 spiro atoms. The lowest BCUT2D eigenvalue weighted by Gasteiger charge is -2.21. The molecule has 10 heteroatoms. The maximum Gasteiger partial charge on any atom is 0.434 e. The minimum atomic E-state index is -4.39. The van der Waals surface area contributed by atoms with Gasteiger partial charge in [0.25, 0.3) is 0 Å². The number of alkyl halides is 3. The van der Waals surface area contributed by atoms with Gasteiger partial charge in [-0.3, -0.25) is 9.67 Å². The van der Waals surface area contributed by atoms with Gasteiger partial charge in [-0.25, -0.2) is 4.98 Å². The van der Waals surface area contributed by atoms with Crippen LogP contribution in [0.1, 0.15) is 35.5 Å². The van der Waals surface area contributed by atoms with Crippen LogP contribution in [-0.2, 0) is 19.6 Å². The van der Waals surface area contributed by atoms with E-state index in [1.807, 2.05) is 26.4 Å². The molecule has 3 heterocycles. The number of hydrogen-bond donors (Lipinski definition) is 1. The number of aryl methyl sites for hydroxylation is 1. The van der Waals surface area contributed by atoms with Crippen LogP contribution in [0.25, 0.3) is 0 Å². The Hall–Kier alpha value is -2.10. The number of hydrogen-bond acceptors (Lipinski definition) is 4. The Bertz CT molecular complexity index is 782. The van der Waals surface area contributed by atoms with Gasteiger partial charge in [0.1, 0.15) is 0 Å². The van der Waals surface area contributed by atoms with E-state index in [0.29, 0.717) is 23.9 Å². The quantitative estimate of drug-likeness (QED) is 0.619. The molecule has 148 valence electrons. The van der Waals surface area contributed by atoms with Crippen molar-refractivity contribution in [2.45, 2.75) is 31.9 Å². The van der Waals surface area contributed by atoms with E-state index in [0.717, 1.165) is 48.7 Å². The van der Waals surface area contributed by atoms with Gasteiger partial charge in [0.05, 0.1) is 11.2 Å². The van der Waals surface area contributed by atoms with Crippen LogP contribution in [0.15, 0.2) is 22.8 Å². The molecule has 0 radical (unpaired) electrons. The highest BCUT2D eigenvalue weighted by molar-refractivity contribution is 7.09. The third-order valence-corrected chi connectivity index (χ3v) is 5.36. The number of likely N-dealkylation sites (tertiary alicyclic amines) is 1. The Balaban J connectivity index is 1.59. The summed E-state index contributed by atoms with van der Waals surface area (Å²) >= 11 is 1.03. The van der Waals surface area contributed by atoms with E-state index in [9.17, 15) is 13.2 Å².